The highest BCUT2D eigenvalue weighted by Gasteiger charge is 2.27. The molecule has 3 nitrogen and oxygen atoms in total. The summed E-state index contributed by atoms with van der Waals surface area (Å²) < 4.78 is 0. The minimum atomic E-state index is 0.297. The van der Waals surface area contributed by atoms with Crippen molar-refractivity contribution in [2.24, 2.45) is 17.6 Å². The van der Waals surface area contributed by atoms with E-state index in [9.17, 15) is 0 Å². The number of nitrogens with two attached hydrogens (primary N) is 1. The molecule has 1 aromatic rings. The molecule has 3 heteroatoms. The second kappa shape index (κ2) is 5.97. The number of rotatable bonds is 5. The third kappa shape index (κ3) is 3.03. The van der Waals surface area contributed by atoms with Gasteiger partial charge in [-0.05, 0) is 44.6 Å². The molecule has 0 amide bonds. The normalized spacial score (nSPS) is 15.4. The van der Waals surface area contributed by atoms with Gasteiger partial charge in [-0.3, -0.25) is 4.98 Å². The quantitative estimate of drug-likeness (QED) is 0.826. The van der Waals surface area contributed by atoms with E-state index < -0.39 is 0 Å². The van der Waals surface area contributed by atoms with Crippen LogP contribution in [0.2, 0.25) is 0 Å². The second-order valence-corrected chi connectivity index (χ2v) is 4.81. The van der Waals surface area contributed by atoms with Crippen LogP contribution in [0.15, 0.2) is 24.4 Å². The van der Waals surface area contributed by atoms with Gasteiger partial charge in [0.15, 0.2) is 0 Å². The fourth-order valence-electron chi connectivity index (χ4n) is 2.18. The summed E-state index contributed by atoms with van der Waals surface area (Å²) >= 11 is 0. The van der Waals surface area contributed by atoms with Gasteiger partial charge in [-0.15, -0.1) is 0 Å². The smallest absolute Gasteiger partial charge is 0.0578 e. The zero-order valence-corrected chi connectivity index (χ0v) is 10.7. The first kappa shape index (κ1) is 13.1. The lowest BCUT2D eigenvalue weighted by Gasteiger charge is -2.33. The average Bonchev–Trinajstić information content (AvgIpc) is 2.25. The minimum Gasteiger partial charge on any atom is -0.330 e. The molecule has 0 radical (unpaired) electrons. The first-order chi connectivity index (χ1) is 7.57. The van der Waals surface area contributed by atoms with E-state index in [-0.39, 0.29) is 0 Å². The van der Waals surface area contributed by atoms with E-state index in [4.69, 9.17) is 5.73 Å². The Balaban J connectivity index is 2.99. The Morgan fingerprint density at radius 2 is 2.00 bits per heavy atom. The van der Waals surface area contributed by atoms with Gasteiger partial charge in [-0.2, -0.15) is 0 Å². The lowest BCUT2D eigenvalue weighted by Crippen LogP contribution is -2.35. The predicted molar refractivity (Wildman–Crippen MR) is 68.0 cm³/mol. The maximum atomic E-state index is 5.90. The van der Waals surface area contributed by atoms with Gasteiger partial charge in [0.05, 0.1) is 11.7 Å². The Morgan fingerprint density at radius 3 is 2.38 bits per heavy atom. The van der Waals surface area contributed by atoms with Crippen LogP contribution in [0.1, 0.15) is 25.6 Å². The minimum absolute atomic E-state index is 0.297. The molecule has 0 saturated heterocycles. The first-order valence-corrected chi connectivity index (χ1v) is 5.85. The van der Waals surface area contributed by atoms with Crippen LogP contribution >= 0.6 is 0 Å². The lowest BCUT2D eigenvalue weighted by atomic mass is 9.86. The van der Waals surface area contributed by atoms with E-state index in [1.165, 1.54) is 0 Å². The van der Waals surface area contributed by atoms with Crippen LogP contribution in [-0.2, 0) is 0 Å². The Hall–Kier alpha value is -0.930. The van der Waals surface area contributed by atoms with Gasteiger partial charge in [0.1, 0.15) is 0 Å². The summed E-state index contributed by atoms with van der Waals surface area (Å²) in [5.41, 5.74) is 7.00. The van der Waals surface area contributed by atoms with E-state index in [0.717, 1.165) is 5.69 Å². The second-order valence-electron chi connectivity index (χ2n) is 4.81. The van der Waals surface area contributed by atoms with Gasteiger partial charge < -0.3 is 10.6 Å². The number of hydrogen-bond acceptors (Lipinski definition) is 3. The Labute approximate surface area is 98.7 Å². The number of hydrogen-bond donors (Lipinski definition) is 1. The van der Waals surface area contributed by atoms with Crippen molar-refractivity contribution >= 4 is 0 Å². The van der Waals surface area contributed by atoms with Crippen LogP contribution < -0.4 is 5.73 Å². The van der Waals surface area contributed by atoms with Crippen LogP contribution in [-0.4, -0.2) is 30.5 Å². The summed E-state index contributed by atoms with van der Waals surface area (Å²) in [5, 5.41) is 0. The molecule has 0 fully saturated rings. The van der Waals surface area contributed by atoms with Crippen molar-refractivity contribution in [3.05, 3.63) is 30.1 Å². The Kier molecular flexibility index (Phi) is 4.90. The highest BCUT2D eigenvalue weighted by atomic mass is 15.1. The SMILES string of the molecule is CC(C)C(CN)C(c1ccccn1)N(C)C. The molecule has 0 spiro atoms. The standard InChI is InChI=1S/C13H23N3/c1-10(2)11(9-14)13(16(3)4)12-7-5-6-8-15-12/h5-8,10-11,13H,9,14H2,1-4H3. The average molecular weight is 221 g/mol. The highest BCUT2D eigenvalue weighted by molar-refractivity contribution is 5.10. The summed E-state index contributed by atoms with van der Waals surface area (Å²) in [5.74, 6) is 0.990. The van der Waals surface area contributed by atoms with Crippen LogP contribution in [0.5, 0.6) is 0 Å². The van der Waals surface area contributed by atoms with Crippen LogP contribution in [0.4, 0.5) is 0 Å². The maximum Gasteiger partial charge on any atom is 0.0578 e. The van der Waals surface area contributed by atoms with Gasteiger partial charge in [-0.25, -0.2) is 0 Å². The van der Waals surface area contributed by atoms with Gasteiger partial charge in [0.25, 0.3) is 0 Å². The van der Waals surface area contributed by atoms with Crippen molar-refractivity contribution < 1.29 is 0 Å². The van der Waals surface area contributed by atoms with E-state index in [0.29, 0.717) is 24.4 Å². The molecule has 0 aliphatic heterocycles. The molecule has 0 saturated carbocycles. The van der Waals surface area contributed by atoms with E-state index in [1.807, 2.05) is 18.3 Å². The largest absolute Gasteiger partial charge is 0.330 e. The van der Waals surface area contributed by atoms with Crippen molar-refractivity contribution in [1.82, 2.24) is 9.88 Å². The molecule has 2 atom stereocenters. The molecular formula is C13H23N3. The van der Waals surface area contributed by atoms with Crippen LogP contribution in [0, 0.1) is 11.8 Å². The summed E-state index contributed by atoms with van der Waals surface area (Å²) in [4.78, 5) is 6.66. The molecule has 0 bridgehead atoms. The zero-order valence-electron chi connectivity index (χ0n) is 10.7. The van der Waals surface area contributed by atoms with Crippen molar-refractivity contribution in [3.63, 3.8) is 0 Å². The van der Waals surface area contributed by atoms with Gasteiger partial charge in [0.2, 0.25) is 0 Å². The summed E-state index contributed by atoms with van der Waals surface area (Å²) in [6.07, 6.45) is 1.85. The number of pyridine rings is 1. The summed E-state index contributed by atoms with van der Waals surface area (Å²) in [6, 6.07) is 6.36. The van der Waals surface area contributed by atoms with Gasteiger partial charge >= 0.3 is 0 Å². The summed E-state index contributed by atoms with van der Waals surface area (Å²) in [6.45, 7) is 5.13. The molecule has 2 unspecified atom stereocenters. The van der Waals surface area contributed by atoms with Crippen molar-refractivity contribution in [2.75, 3.05) is 20.6 Å². The van der Waals surface area contributed by atoms with Crippen molar-refractivity contribution in [2.45, 2.75) is 19.9 Å². The highest BCUT2D eigenvalue weighted by Crippen LogP contribution is 2.29. The van der Waals surface area contributed by atoms with E-state index in [2.05, 4.69) is 43.9 Å². The first-order valence-electron chi connectivity index (χ1n) is 5.85. The van der Waals surface area contributed by atoms with Crippen molar-refractivity contribution in [1.29, 1.82) is 0 Å². The molecule has 1 rings (SSSR count). The molecular weight excluding hydrogens is 198 g/mol. The molecule has 1 aromatic heterocycles. The maximum absolute atomic E-state index is 5.90. The monoisotopic (exact) mass is 221 g/mol. The Bertz CT molecular complexity index is 295. The fourth-order valence-corrected chi connectivity index (χ4v) is 2.18. The Morgan fingerprint density at radius 1 is 1.31 bits per heavy atom. The molecule has 0 aromatic carbocycles. The van der Waals surface area contributed by atoms with Gasteiger partial charge in [0, 0.05) is 6.20 Å². The molecule has 16 heavy (non-hydrogen) atoms. The van der Waals surface area contributed by atoms with Crippen molar-refractivity contribution in [3.8, 4) is 0 Å². The number of aromatic nitrogens is 1. The molecule has 2 N–H and O–H groups in total. The number of nitrogens with zero attached hydrogens (tertiary/aromatic N) is 2. The van der Waals surface area contributed by atoms with Gasteiger partial charge in [-0.1, -0.05) is 19.9 Å². The lowest BCUT2D eigenvalue weighted by molar-refractivity contribution is 0.171. The summed E-state index contributed by atoms with van der Waals surface area (Å²) in [7, 11) is 4.18. The molecule has 1 heterocycles. The molecule has 0 aliphatic carbocycles. The van der Waals surface area contributed by atoms with Crippen LogP contribution in [0.3, 0.4) is 0 Å². The topological polar surface area (TPSA) is 42.1 Å². The molecule has 90 valence electrons. The molecule has 0 aliphatic rings. The third-order valence-electron chi connectivity index (χ3n) is 3.08. The van der Waals surface area contributed by atoms with E-state index in [1.54, 1.807) is 0 Å². The zero-order chi connectivity index (χ0) is 12.1. The van der Waals surface area contributed by atoms with E-state index >= 15 is 0 Å². The van der Waals surface area contributed by atoms with Crippen LogP contribution in [0.25, 0.3) is 0 Å². The third-order valence-corrected chi connectivity index (χ3v) is 3.08. The predicted octanol–water partition coefficient (Wildman–Crippen LogP) is 1.92. The fraction of sp³-hybridized carbons (Fsp3) is 0.615.